The van der Waals surface area contributed by atoms with Crippen LogP contribution in [0, 0.1) is 16.7 Å². The van der Waals surface area contributed by atoms with Crippen LogP contribution in [0.1, 0.15) is 25.7 Å². The van der Waals surface area contributed by atoms with Crippen LogP contribution in [-0.4, -0.2) is 21.4 Å². The average molecular weight is 251 g/mol. The third-order valence-corrected chi connectivity index (χ3v) is 3.70. The van der Waals surface area contributed by atoms with E-state index in [1.54, 1.807) is 17.0 Å². The number of hydrogen-bond donors (Lipinski definition) is 3. The van der Waals surface area contributed by atoms with Crippen molar-refractivity contribution in [1.82, 2.24) is 9.55 Å². The highest BCUT2D eigenvalue weighted by Crippen LogP contribution is 2.23. The van der Waals surface area contributed by atoms with Gasteiger partial charge in [0.05, 0.1) is 5.44 Å². The van der Waals surface area contributed by atoms with Gasteiger partial charge in [-0.25, -0.2) is 0 Å². The number of nitrogens with two attached hydrogens (primary N) is 1. The largest absolute Gasteiger partial charge is 0.328 e. The molecular formula is C11H18N5P. The van der Waals surface area contributed by atoms with Crippen molar-refractivity contribution in [2.45, 2.75) is 31.7 Å². The first-order valence-corrected chi connectivity index (χ1v) is 6.39. The Balaban J connectivity index is 2.25. The van der Waals surface area contributed by atoms with E-state index in [-0.39, 0.29) is 17.4 Å². The molecule has 1 aliphatic carbocycles. The molecule has 2 rings (SSSR count). The van der Waals surface area contributed by atoms with Gasteiger partial charge in [0.2, 0.25) is 0 Å². The Morgan fingerprint density at radius 3 is 3.00 bits per heavy atom. The number of hydrogen-bond acceptors (Lipinski definition) is 4. The fraction of sp³-hybridized carbons (Fsp3) is 0.545. The van der Waals surface area contributed by atoms with Crippen LogP contribution in [0.3, 0.4) is 0 Å². The van der Waals surface area contributed by atoms with Crippen molar-refractivity contribution < 1.29 is 0 Å². The summed E-state index contributed by atoms with van der Waals surface area (Å²) in [5, 5.41) is 16.1. The zero-order valence-electron chi connectivity index (χ0n) is 9.69. The predicted octanol–water partition coefficient (Wildman–Crippen LogP) is 0.206. The summed E-state index contributed by atoms with van der Waals surface area (Å²) in [5.74, 6) is 0.635. The summed E-state index contributed by atoms with van der Waals surface area (Å²) >= 11 is 0. The van der Waals surface area contributed by atoms with Crippen molar-refractivity contribution >= 4 is 20.5 Å². The number of nitrogens with one attached hydrogen (secondary N) is 2. The van der Waals surface area contributed by atoms with E-state index in [1.165, 1.54) is 0 Å². The van der Waals surface area contributed by atoms with Gasteiger partial charge >= 0.3 is 0 Å². The molecule has 0 bridgehead atoms. The molecule has 1 aliphatic rings. The summed E-state index contributed by atoms with van der Waals surface area (Å²) in [6.45, 7) is 0. The first-order valence-electron chi connectivity index (χ1n) is 5.81. The van der Waals surface area contributed by atoms with Gasteiger partial charge in [0, 0.05) is 24.4 Å². The lowest BCUT2D eigenvalue weighted by Crippen LogP contribution is -2.41. The molecule has 92 valence electrons. The van der Waals surface area contributed by atoms with E-state index in [9.17, 15) is 0 Å². The first-order chi connectivity index (χ1) is 8.09. The van der Waals surface area contributed by atoms with Gasteiger partial charge in [-0.3, -0.25) is 20.4 Å². The molecule has 1 saturated carbocycles. The Labute approximate surface area is 103 Å². The first kappa shape index (κ1) is 12.4. The summed E-state index contributed by atoms with van der Waals surface area (Å²) in [6, 6.07) is 0.196. The highest BCUT2D eigenvalue weighted by Gasteiger charge is 2.24. The van der Waals surface area contributed by atoms with Crippen molar-refractivity contribution in [3.63, 3.8) is 0 Å². The molecule has 17 heavy (non-hydrogen) atoms. The molecule has 1 unspecified atom stereocenters. The molecule has 0 aromatic carbocycles. The van der Waals surface area contributed by atoms with E-state index in [0.717, 1.165) is 25.7 Å². The highest BCUT2D eigenvalue weighted by atomic mass is 31.0. The maximum Gasteiger partial charge on any atom is 0.156 e. The average Bonchev–Trinajstić information content (AvgIpc) is 2.32. The van der Waals surface area contributed by atoms with Crippen molar-refractivity contribution in [1.29, 1.82) is 10.8 Å². The number of rotatable bonds is 1. The van der Waals surface area contributed by atoms with Crippen LogP contribution in [0.15, 0.2) is 12.4 Å². The van der Waals surface area contributed by atoms with Crippen molar-refractivity contribution in [3.05, 3.63) is 17.9 Å². The maximum absolute atomic E-state index is 8.20. The zero-order valence-corrected chi connectivity index (χ0v) is 10.8. The standard InChI is InChI=1S/C11H18N5P/c12-8-3-1-2-7(6-8)9(13)16-5-4-15-11(17)10(16)14/h4-5,7-8,13-14H,1-3,6,12,17H2/t7-,8+/m0/s1. The van der Waals surface area contributed by atoms with Crippen LogP contribution in [-0.2, 0) is 0 Å². The Kier molecular flexibility index (Phi) is 3.69. The van der Waals surface area contributed by atoms with E-state index in [4.69, 9.17) is 16.6 Å². The van der Waals surface area contributed by atoms with Crippen LogP contribution in [0.5, 0.6) is 0 Å². The third-order valence-electron chi connectivity index (χ3n) is 3.27. The lowest BCUT2D eigenvalue weighted by molar-refractivity contribution is 0.382. The molecule has 0 saturated heterocycles. The predicted molar refractivity (Wildman–Crippen MR) is 70.5 cm³/mol. The molecule has 0 radical (unpaired) electrons. The van der Waals surface area contributed by atoms with Gasteiger partial charge < -0.3 is 5.73 Å². The van der Waals surface area contributed by atoms with Crippen LogP contribution < -0.4 is 16.7 Å². The smallest absolute Gasteiger partial charge is 0.156 e. The van der Waals surface area contributed by atoms with Gasteiger partial charge in [0.15, 0.2) is 5.49 Å². The van der Waals surface area contributed by atoms with E-state index < -0.39 is 0 Å². The van der Waals surface area contributed by atoms with Crippen molar-refractivity contribution in [2.24, 2.45) is 11.7 Å². The topological polar surface area (TPSA) is 91.5 Å². The maximum atomic E-state index is 8.20. The molecular weight excluding hydrogens is 233 g/mol. The third kappa shape index (κ3) is 2.61. The molecule has 1 aromatic rings. The van der Waals surface area contributed by atoms with E-state index >= 15 is 0 Å². The monoisotopic (exact) mass is 251 g/mol. The Morgan fingerprint density at radius 2 is 2.29 bits per heavy atom. The van der Waals surface area contributed by atoms with Gasteiger partial charge in [0.1, 0.15) is 5.84 Å². The Hall–Kier alpha value is -1.06. The fourth-order valence-electron chi connectivity index (χ4n) is 2.31. The van der Waals surface area contributed by atoms with Crippen molar-refractivity contribution in [3.8, 4) is 0 Å². The molecule has 4 N–H and O–H groups in total. The fourth-order valence-corrected chi connectivity index (χ4v) is 2.54. The molecule has 1 heterocycles. The molecule has 1 aromatic heterocycles. The Morgan fingerprint density at radius 1 is 1.53 bits per heavy atom. The zero-order chi connectivity index (χ0) is 12.4. The normalized spacial score (nSPS) is 24.6. The number of nitrogens with zero attached hydrogens (tertiary/aromatic N) is 2. The van der Waals surface area contributed by atoms with Gasteiger partial charge in [-0.15, -0.1) is 0 Å². The SMILES string of the molecule is N=C([C@H]1CCC[C@@H](N)C1)n1ccnc(P)c1=N. The lowest BCUT2D eigenvalue weighted by Gasteiger charge is -2.27. The molecule has 0 amide bonds. The van der Waals surface area contributed by atoms with Crippen LogP contribution in [0.2, 0.25) is 0 Å². The minimum atomic E-state index is 0.166. The van der Waals surface area contributed by atoms with Crippen LogP contribution in [0.25, 0.3) is 0 Å². The van der Waals surface area contributed by atoms with Gasteiger partial charge in [-0.1, -0.05) is 15.7 Å². The van der Waals surface area contributed by atoms with E-state index in [1.807, 2.05) is 0 Å². The van der Waals surface area contributed by atoms with Crippen LogP contribution >= 0.6 is 9.24 Å². The van der Waals surface area contributed by atoms with E-state index in [2.05, 4.69) is 14.2 Å². The second kappa shape index (κ2) is 5.07. The molecule has 6 heteroatoms. The number of aromatic nitrogens is 2. The molecule has 0 spiro atoms. The van der Waals surface area contributed by atoms with Crippen molar-refractivity contribution in [2.75, 3.05) is 0 Å². The summed E-state index contributed by atoms with van der Waals surface area (Å²) in [6.07, 6.45) is 7.26. The Bertz CT molecular complexity index is 481. The molecule has 0 aliphatic heterocycles. The summed E-state index contributed by atoms with van der Waals surface area (Å²) in [5.41, 5.74) is 6.77. The summed E-state index contributed by atoms with van der Waals surface area (Å²) < 4.78 is 1.60. The van der Waals surface area contributed by atoms with Gasteiger partial charge in [0.25, 0.3) is 0 Å². The van der Waals surface area contributed by atoms with E-state index in [0.29, 0.717) is 11.3 Å². The van der Waals surface area contributed by atoms with Gasteiger partial charge in [-0.2, -0.15) is 0 Å². The summed E-state index contributed by atoms with van der Waals surface area (Å²) in [7, 11) is 2.42. The second-order valence-electron chi connectivity index (χ2n) is 4.54. The minimum Gasteiger partial charge on any atom is -0.328 e. The summed E-state index contributed by atoms with van der Waals surface area (Å²) in [4.78, 5) is 4.02. The molecule has 1 fully saturated rings. The quantitative estimate of drug-likeness (QED) is 0.378. The highest BCUT2D eigenvalue weighted by molar-refractivity contribution is 7.26. The minimum absolute atomic E-state index is 0.166. The lowest BCUT2D eigenvalue weighted by atomic mass is 9.85. The molecule has 5 nitrogen and oxygen atoms in total. The van der Waals surface area contributed by atoms with Crippen LogP contribution in [0.4, 0.5) is 0 Å². The molecule has 3 atom stereocenters. The second-order valence-corrected chi connectivity index (χ2v) is 5.09. The van der Waals surface area contributed by atoms with Gasteiger partial charge in [-0.05, 0) is 19.3 Å².